The summed E-state index contributed by atoms with van der Waals surface area (Å²) in [6, 6.07) is 6.77. The van der Waals surface area contributed by atoms with Gasteiger partial charge in [0.1, 0.15) is 11.6 Å². The van der Waals surface area contributed by atoms with Crippen molar-refractivity contribution in [3.63, 3.8) is 0 Å². The number of carbonyl (C=O) groups excluding carboxylic acids is 2. The van der Waals surface area contributed by atoms with Crippen LogP contribution in [0.25, 0.3) is 0 Å². The number of anilines is 1. The Bertz CT molecular complexity index is 1300. The van der Waals surface area contributed by atoms with Gasteiger partial charge in [0.15, 0.2) is 5.82 Å². The number of nitriles is 1. The second-order valence-electron chi connectivity index (χ2n) is 7.77. The lowest BCUT2D eigenvalue weighted by Crippen LogP contribution is -2.55. The van der Waals surface area contributed by atoms with Crippen LogP contribution in [0.4, 0.5) is 19.0 Å². The van der Waals surface area contributed by atoms with E-state index in [1.54, 1.807) is 11.8 Å². The summed E-state index contributed by atoms with van der Waals surface area (Å²) in [4.78, 5) is 30.3. The van der Waals surface area contributed by atoms with E-state index >= 15 is 0 Å². The molecule has 1 aliphatic rings. The number of halogens is 3. The average molecular weight is 526 g/mol. The van der Waals surface area contributed by atoms with Gasteiger partial charge < -0.3 is 14.4 Å². The van der Waals surface area contributed by atoms with Gasteiger partial charge in [0.2, 0.25) is 21.8 Å². The van der Waals surface area contributed by atoms with Gasteiger partial charge in [0.05, 0.1) is 36.5 Å². The molecule has 0 unspecified atom stereocenters. The number of rotatable bonds is 8. The highest BCUT2D eigenvalue weighted by atomic mass is 32.2. The fourth-order valence-corrected chi connectivity index (χ4v) is 4.60. The zero-order chi connectivity index (χ0) is 26.7. The number of pyridine rings is 1. The third kappa shape index (κ3) is 6.03. The lowest BCUT2D eigenvalue weighted by Gasteiger charge is -2.39. The summed E-state index contributed by atoms with van der Waals surface area (Å²) < 4.78 is 74.7. The molecule has 0 bridgehead atoms. The normalized spacial score (nSPS) is 13.9. The summed E-state index contributed by atoms with van der Waals surface area (Å²) >= 11 is 0. The van der Waals surface area contributed by atoms with E-state index in [1.165, 1.54) is 13.2 Å². The van der Waals surface area contributed by atoms with Crippen molar-refractivity contribution in [1.82, 2.24) is 9.71 Å². The van der Waals surface area contributed by atoms with Gasteiger partial charge in [-0.25, -0.2) is 13.2 Å². The first-order valence-electron chi connectivity index (χ1n) is 10.5. The highest BCUT2D eigenvalue weighted by molar-refractivity contribution is 7.89. The first-order valence-corrected chi connectivity index (χ1v) is 12.2. The minimum atomic E-state index is -4.55. The van der Waals surface area contributed by atoms with Crippen LogP contribution in [0.1, 0.15) is 34.0 Å². The minimum Gasteiger partial charge on any atom is -0.480 e. The second-order valence-corrected chi connectivity index (χ2v) is 9.49. The molecule has 0 radical (unpaired) electrons. The van der Waals surface area contributed by atoms with Crippen LogP contribution >= 0.6 is 0 Å². The molecule has 10 nitrogen and oxygen atoms in total. The number of hydrogen-bond acceptors (Lipinski definition) is 9. The molecule has 1 aromatic heterocycles. The largest absolute Gasteiger partial charge is 0.480 e. The van der Waals surface area contributed by atoms with Crippen LogP contribution in [-0.4, -0.2) is 52.1 Å². The third-order valence-corrected chi connectivity index (χ3v) is 6.45. The van der Waals surface area contributed by atoms with Gasteiger partial charge in [-0.3, -0.25) is 9.52 Å². The van der Waals surface area contributed by atoms with Crippen LogP contribution in [0.15, 0.2) is 30.3 Å². The fourth-order valence-electron chi connectivity index (χ4n) is 3.42. The first-order chi connectivity index (χ1) is 16.9. The predicted octanol–water partition coefficient (Wildman–Crippen LogP) is 2.24. The van der Waals surface area contributed by atoms with Crippen molar-refractivity contribution >= 4 is 27.7 Å². The van der Waals surface area contributed by atoms with E-state index < -0.39 is 45.3 Å². The molecule has 0 atom stereocenters. The SMILES string of the molecule is CCOC(=O)c1cc(C#N)c(N2CC(C(=O)NS(=O)(=O)Cc3ccc(C(F)(F)F)cc3)C2)nc1OC. The summed E-state index contributed by atoms with van der Waals surface area (Å²) in [6.07, 6.45) is -4.55. The van der Waals surface area contributed by atoms with Crippen molar-refractivity contribution in [3.05, 3.63) is 52.6 Å². The van der Waals surface area contributed by atoms with Crippen LogP contribution in [-0.2, 0) is 31.5 Å². The minimum absolute atomic E-state index is 0.0330. The van der Waals surface area contributed by atoms with Crippen LogP contribution in [0.3, 0.4) is 0 Å². The molecule has 1 amide bonds. The maximum absolute atomic E-state index is 12.7. The quantitative estimate of drug-likeness (QED) is 0.513. The van der Waals surface area contributed by atoms with E-state index in [4.69, 9.17) is 9.47 Å². The van der Waals surface area contributed by atoms with Crippen molar-refractivity contribution in [2.24, 2.45) is 5.92 Å². The summed E-state index contributed by atoms with van der Waals surface area (Å²) in [5.41, 5.74) is -0.842. The smallest absolute Gasteiger partial charge is 0.416 e. The van der Waals surface area contributed by atoms with E-state index in [0.717, 1.165) is 24.3 Å². The number of hydrogen-bond donors (Lipinski definition) is 1. The molecular weight excluding hydrogens is 505 g/mol. The monoisotopic (exact) mass is 526 g/mol. The molecule has 3 rings (SSSR count). The number of carbonyl (C=O) groups is 2. The number of sulfonamides is 1. The highest BCUT2D eigenvalue weighted by Gasteiger charge is 2.37. The number of amides is 1. The lowest BCUT2D eigenvalue weighted by molar-refractivity contribution is -0.137. The summed E-state index contributed by atoms with van der Waals surface area (Å²) in [5, 5.41) is 9.49. The summed E-state index contributed by atoms with van der Waals surface area (Å²) in [5.74, 6) is -2.87. The Morgan fingerprint density at radius 1 is 1.25 bits per heavy atom. The Hall–Kier alpha value is -3.86. The van der Waals surface area contributed by atoms with Crippen molar-refractivity contribution in [2.45, 2.75) is 18.9 Å². The summed E-state index contributed by atoms with van der Waals surface area (Å²) in [7, 11) is -2.88. The first kappa shape index (κ1) is 26.7. The summed E-state index contributed by atoms with van der Waals surface area (Å²) in [6.45, 7) is 1.79. The molecule has 0 saturated carbocycles. The Morgan fingerprint density at radius 3 is 2.42 bits per heavy atom. The number of alkyl halides is 3. The van der Waals surface area contributed by atoms with Crippen LogP contribution in [0.2, 0.25) is 0 Å². The Labute approximate surface area is 204 Å². The molecule has 14 heteroatoms. The standard InChI is InChI=1S/C22H21F3N4O6S/c1-3-35-21(31)17-8-14(9-26)18(27-20(17)34-2)29-10-15(11-29)19(30)28-36(32,33)12-13-4-6-16(7-5-13)22(23,24)25/h4-8,15H,3,10-12H2,1-2H3,(H,28,30). The van der Waals surface area contributed by atoms with Gasteiger partial charge >= 0.3 is 12.1 Å². The molecule has 1 aromatic carbocycles. The van der Waals surface area contributed by atoms with Crippen molar-refractivity contribution in [3.8, 4) is 11.9 Å². The average Bonchev–Trinajstić information content (AvgIpc) is 2.76. The van der Waals surface area contributed by atoms with E-state index in [0.29, 0.717) is 0 Å². The van der Waals surface area contributed by atoms with Crippen LogP contribution < -0.4 is 14.4 Å². The highest BCUT2D eigenvalue weighted by Crippen LogP contribution is 2.31. The van der Waals surface area contributed by atoms with E-state index in [2.05, 4.69) is 4.98 Å². The van der Waals surface area contributed by atoms with Crippen LogP contribution in [0, 0.1) is 17.2 Å². The van der Waals surface area contributed by atoms with Crippen LogP contribution in [0.5, 0.6) is 5.88 Å². The second kappa shape index (κ2) is 10.4. The number of ether oxygens (including phenoxy) is 2. The Morgan fingerprint density at radius 2 is 1.89 bits per heavy atom. The van der Waals surface area contributed by atoms with Crippen molar-refractivity contribution in [1.29, 1.82) is 5.26 Å². The van der Waals surface area contributed by atoms with Gasteiger partial charge in [-0.15, -0.1) is 0 Å². The van der Waals surface area contributed by atoms with E-state index in [1.807, 2.05) is 10.8 Å². The molecule has 1 fully saturated rings. The third-order valence-electron chi connectivity index (χ3n) is 5.22. The molecule has 1 saturated heterocycles. The Balaban J connectivity index is 1.65. The molecule has 1 aliphatic heterocycles. The molecule has 36 heavy (non-hydrogen) atoms. The maximum atomic E-state index is 12.7. The van der Waals surface area contributed by atoms with Gasteiger partial charge in [-0.05, 0) is 30.7 Å². The molecule has 1 N–H and O–H groups in total. The predicted molar refractivity (Wildman–Crippen MR) is 119 cm³/mol. The zero-order valence-corrected chi connectivity index (χ0v) is 19.9. The van der Waals surface area contributed by atoms with Crippen molar-refractivity contribution < 1.29 is 40.7 Å². The molecule has 0 aliphatic carbocycles. The maximum Gasteiger partial charge on any atom is 0.416 e. The number of nitrogens with one attached hydrogen (secondary N) is 1. The number of benzene rings is 1. The fraction of sp³-hybridized carbons (Fsp3) is 0.364. The number of nitrogens with zero attached hydrogens (tertiary/aromatic N) is 3. The molecule has 2 heterocycles. The van der Waals surface area contributed by atoms with E-state index in [-0.39, 0.29) is 48.1 Å². The van der Waals surface area contributed by atoms with Gasteiger partial charge in [-0.1, -0.05) is 12.1 Å². The topological polar surface area (TPSA) is 139 Å². The number of aromatic nitrogens is 1. The Kier molecular flexibility index (Phi) is 7.73. The van der Waals surface area contributed by atoms with Gasteiger partial charge in [0, 0.05) is 13.1 Å². The van der Waals surface area contributed by atoms with Gasteiger partial charge in [0.25, 0.3) is 0 Å². The zero-order valence-electron chi connectivity index (χ0n) is 19.1. The molecular formula is C22H21F3N4O6S. The number of methoxy groups -OCH3 is 1. The molecule has 2 aromatic rings. The van der Waals surface area contributed by atoms with Gasteiger partial charge in [-0.2, -0.15) is 23.4 Å². The number of esters is 1. The molecule has 192 valence electrons. The van der Waals surface area contributed by atoms with Crippen molar-refractivity contribution in [2.75, 3.05) is 31.7 Å². The lowest BCUT2D eigenvalue weighted by atomic mass is 9.98. The molecule has 0 spiro atoms. The van der Waals surface area contributed by atoms with E-state index in [9.17, 15) is 36.4 Å².